The summed E-state index contributed by atoms with van der Waals surface area (Å²) in [5.41, 5.74) is 7.88. The third kappa shape index (κ3) is 4.89. The fraction of sp³-hybridized carbons (Fsp3) is 0.333. The Balaban J connectivity index is 0.00000256. The van der Waals surface area contributed by atoms with Crippen molar-refractivity contribution in [1.82, 2.24) is 0 Å². The molecule has 17 heavy (non-hydrogen) atoms. The molecule has 0 aliphatic rings. The minimum absolute atomic E-state index is 0. The van der Waals surface area contributed by atoms with E-state index in [0.29, 0.717) is 11.3 Å². The van der Waals surface area contributed by atoms with Crippen LogP contribution in [0.2, 0.25) is 0 Å². The molecule has 1 rings (SSSR count). The minimum Gasteiger partial charge on any atom is -0.324 e. The zero-order chi connectivity index (χ0) is 12.3. The highest BCUT2D eigenvalue weighted by molar-refractivity contribution is 7.90. The molecule has 5 heteroatoms. The van der Waals surface area contributed by atoms with E-state index in [1.807, 2.05) is 6.92 Å². The maximum Gasteiger partial charge on any atom is 0.175 e. The molecule has 0 spiro atoms. The summed E-state index contributed by atoms with van der Waals surface area (Å²) in [5, 5.41) is 0. The number of sulfone groups is 1. The topological polar surface area (TPSA) is 60.2 Å². The van der Waals surface area contributed by atoms with Crippen molar-refractivity contribution >= 4 is 22.2 Å². The van der Waals surface area contributed by atoms with E-state index >= 15 is 0 Å². The molecule has 1 aromatic carbocycles. The van der Waals surface area contributed by atoms with E-state index in [4.69, 9.17) is 5.73 Å². The molecule has 2 N–H and O–H groups in total. The molecule has 0 aliphatic heterocycles. The number of benzene rings is 1. The van der Waals surface area contributed by atoms with Gasteiger partial charge in [-0.3, -0.25) is 0 Å². The van der Waals surface area contributed by atoms with Crippen molar-refractivity contribution in [3.05, 3.63) is 42.0 Å². The van der Waals surface area contributed by atoms with Gasteiger partial charge in [0.25, 0.3) is 0 Å². The standard InChI is InChI=1S/C12H17NO2S.ClH/c1-9(2)8-12(13)10-4-6-11(7-5-10)16(3,14)15;/h4-7,12H,1,8,13H2,2-3H3;1H/t12-;/m1./s1. The Labute approximate surface area is 109 Å². The maximum absolute atomic E-state index is 11.2. The van der Waals surface area contributed by atoms with Gasteiger partial charge in [0.2, 0.25) is 0 Å². The normalized spacial score (nSPS) is 12.6. The number of hydrogen-bond donors (Lipinski definition) is 1. The van der Waals surface area contributed by atoms with Gasteiger partial charge in [-0.2, -0.15) is 0 Å². The molecule has 0 aromatic heterocycles. The van der Waals surface area contributed by atoms with Crippen molar-refractivity contribution in [3.8, 4) is 0 Å². The summed E-state index contributed by atoms with van der Waals surface area (Å²) >= 11 is 0. The molecule has 0 unspecified atom stereocenters. The lowest BCUT2D eigenvalue weighted by Gasteiger charge is -2.12. The van der Waals surface area contributed by atoms with Crippen LogP contribution in [0.25, 0.3) is 0 Å². The van der Waals surface area contributed by atoms with E-state index in [-0.39, 0.29) is 18.4 Å². The van der Waals surface area contributed by atoms with Crippen molar-refractivity contribution in [1.29, 1.82) is 0 Å². The zero-order valence-corrected chi connectivity index (χ0v) is 11.6. The molecule has 1 atom stereocenters. The monoisotopic (exact) mass is 275 g/mol. The maximum atomic E-state index is 11.2. The molecule has 0 radical (unpaired) electrons. The van der Waals surface area contributed by atoms with Crippen molar-refractivity contribution in [2.24, 2.45) is 5.73 Å². The minimum atomic E-state index is -3.13. The molecule has 0 amide bonds. The average molecular weight is 276 g/mol. The van der Waals surface area contributed by atoms with Gasteiger partial charge in [-0.15, -0.1) is 19.0 Å². The Morgan fingerprint density at radius 3 is 2.18 bits per heavy atom. The average Bonchev–Trinajstić information content (AvgIpc) is 2.15. The smallest absolute Gasteiger partial charge is 0.175 e. The fourth-order valence-electron chi connectivity index (χ4n) is 1.46. The molecule has 0 aliphatic carbocycles. The predicted molar refractivity (Wildman–Crippen MR) is 73.2 cm³/mol. The van der Waals surface area contributed by atoms with E-state index < -0.39 is 9.84 Å². The molecule has 0 saturated heterocycles. The second kappa shape index (κ2) is 6.19. The van der Waals surface area contributed by atoms with E-state index in [0.717, 1.165) is 11.1 Å². The molecule has 0 fully saturated rings. The summed E-state index contributed by atoms with van der Waals surface area (Å²) in [4.78, 5) is 0.318. The molecule has 1 aromatic rings. The largest absolute Gasteiger partial charge is 0.324 e. The van der Waals surface area contributed by atoms with Crippen LogP contribution in [0.15, 0.2) is 41.3 Å². The van der Waals surface area contributed by atoms with E-state index in [9.17, 15) is 8.42 Å². The van der Waals surface area contributed by atoms with Crippen molar-refractivity contribution < 1.29 is 8.42 Å². The molecular weight excluding hydrogens is 258 g/mol. The molecule has 0 bridgehead atoms. The quantitative estimate of drug-likeness (QED) is 0.859. The van der Waals surface area contributed by atoms with Gasteiger partial charge in [-0.1, -0.05) is 17.7 Å². The summed E-state index contributed by atoms with van der Waals surface area (Å²) in [7, 11) is -3.13. The van der Waals surface area contributed by atoms with Gasteiger partial charge in [0.05, 0.1) is 4.90 Å². The highest BCUT2D eigenvalue weighted by Crippen LogP contribution is 2.19. The number of nitrogens with two attached hydrogens (primary N) is 1. The number of halogens is 1. The first-order valence-corrected chi connectivity index (χ1v) is 6.90. The van der Waals surface area contributed by atoms with Crippen LogP contribution in [0.1, 0.15) is 24.9 Å². The summed E-state index contributed by atoms with van der Waals surface area (Å²) in [5.74, 6) is 0. The van der Waals surface area contributed by atoms with Gasteiger partial charge >= 0.3 is 0 Å². The third-order valence-electron chi connectivity index (χ3n) is 2.30. The fourth-order valence-corrected chi connectivity index (χ4v) is 2.09. The SMILES string of the molecule is C=C(C)C[C@@H](N)c1ccc(S(C)(=O)=O)cc1.Cl. The highest BCUT2D eigenvalue weighted by Gasteiger charge is 2.09. The van der Waals surface area contributed by atoms with Crippen LogP contribution in [-0.2, 0) is 9.84 Å². The molecule has 0 heterocycles. The van der Waals surface area contributed by atoms with Gasteiger partial charge in [0.15, 0.2) is 9.84 Å². The van der Waals surface area contributed by atoms with Crippen LogP contribution in [0.3, 0.4) is 0 Å². The highest BCUT2D eigenvalue weighted by atomic mass is 35.5. The Morgan fingerprint density at radius 1 is 1.35 bits per heavy atom. The first kappa shape index (κ1) is 16.2. The third-order valence-corrected chi connectivity index (χ3v) is 3.43. The van der Waals surface area contributed by atoms with Crippen molar-refractivity contribution in [2.45, 2.75) is 24.3 Å². The van der Waals surface area contributed by atoms with Crippen LogP contribution in [-0.4, -0.2) is 14.7 Å². The van der Waals surface area contributed by atoms with Crippen molar-refractivity contribution in [2.75, 3.05) is 6.26 Å². The van der Waals surface area contributed by atoms with Crippen LogP contribution in [0, 0.1) is 0 Å². The molecular formula is C12H18ClNO2S. The van der Waals surface area contributed by atoms with Gasteiger partial charge in [-0.05, 0) is 31.0 Å². The van der Waals surface area contributed by atoms with Crippen LogP contribution in [0.4, 0.5) is 0 Å². The van der Waals surface area contributed by atoms with E-state index in [1.54, 1.807) is 24.3 Å². The summed E-state index contributed by atoms with van der Waals surface area (Å²) in [6, 6.07) is 6.56. The van der Waals surface area contributed by atoms with Crippen molar-refractivity contribution in [3.63, 3.8) is 0 Å². The molecule has 96 valence electrons. The van der Waals surface area contributed by atoms with Gasteiger partial charge in [0.1, 0.15) is 0 Å². The van der Waals surface area contributed by atoms with Crippen LogP contribution in [0.5, 0.6) is 0 Å². The summed E-state index contributed by atoms with van der Waals surface area (Å²) in [6.45, 7) is 5.72. The Hall–Kier alpha value is -0.840. The summed E-state index contributed by atoms with van der Waals surface area (Å²) in [6.07, 6.45) is 1.90. The first-order chi connectivity index (χ1) is 7.30. The lowest BCUT2D eigenvalue weighted by atomic mass is 10.0. The Morgan fingerprint density at radius 2 is 1.82 bits per heavy atom. The first-order valence-electron chi connectivity index (χ1n) is 5.00. The predicted octanol–water partition coefficient (Wildman–Crippen LogP) is 2.48. The molecule has 3 nitrogen and oxygen atoms in total. The van der Waals surface area contributed by atoms with Gasteiger partial charge in [0, 0.05) is 12.3 Å². The second-order valence-corrected chi connectivity index (χ2v) is 6.12. The zero-order valence-electron chi connectivity index (χ0n) is 10.0. The number of hydrogen-bond acceptors (Lipinski definition) is 3. The number of rotatable bonds is 4. The van der Waals surface area contributed by atoms with Crippen LogP contribution >= 0.6 is 12.4 Å². The summed E-state index contributed by atoms with van der Waals surface area (Å²) < 4.78 is 22.5. The van der Waals surface area contributed by atoms with E-state index in [2.05, 4.69) is 6.58 Å². The lowest BCUT2D eigenvalue weighted by Crippen LogP contribution is -2.10. The molecule has 0 saturated carbocycles. The Bertz CT molecular complexity index is 480. The Kier molecular flexibility index (Phi) is 5.88. The second-order valence-electron chi connectivity index (χ2n) is 4.11. The van der Waals surface area contributed by atoms with Gasteiger partial charge < -0.3 is 5.73 Å². The lowest BCUT2D eigenvalue weighted by molar-refractivity contribution is 0.601. The van der Waals surface area contributed by atoms with Crippen LogP contribution < -0.4 is 5.73 Å². The van der Waals surface area contributed by atoms with E-state index in [1.165, 1.54) is 6.26 Å². The van der Waals surface area contributed by atoms with Gasteiger partial charge in [-0.25, -0.2) is 8.42 Å².